The molecule has 0 radical (unpaired) electrons. The number of carbonyl (C=O) groups is 1. The second-order valence-electron chi connectivity index (χ2n) is 6.47. The summed E-state index contributed by atoms with van der Waals surface area (Å²) in [7, 11) is 0. The van der Waals surface area contributed by atoms with Crippen molar-refractivity contribution in [2.45, 2.75) is 18.3 Å². The summed E-state index contributed by atoms with van der Waals surface area (Å²) in [6, 6.07) is 19.5. The van der Waals surface area contributed by atoms with E-state index in [0.29, 0.717) is 16.6 Å². The van der Waals surface area contributed by atoms with Gasteiger partial charge in [-0.25, -0.2) is 4.98 Å². The largest absolute Gasteiger partial charge is 0.356 e. The van der Waals surface area contributed by atoms with Crippen molar-refractivity contribution in [2.24, 2.45) is 0 Å². The van der Waals surface area contributed by atoms with Gasteiger partial charge in [0.05, 0.1) is 21.3 Å². The fourth-order valence-corrected chi connectivity index (χ4v) is 3.97. The van der Waals surface area contributed by atoms with Crippen LogP contribution in [0.2, 0.25) is 0 Å². The normalized spacial score (nSPS) is 15.1. The summed E-state index contributed by atoms with van der Waals surface area (Å²) in [5.74, 6) is 0.615. The molecule has 0 aliphatic heterocycles. The van der Waals surface area contributed by atoms with Crippen molar-refractivity contribution in [1.82, 2.24) is 10.1 Å². The highest BCUT2D eigenvalue weighted by atomic mass is 32.1. The Morgan fingerprint density at radius 2 is 1.85 bits per heavy atom. The molecule has 2 heterocycles. The zero-order chi connectivity index (χ0) is 17.6. The predicted molar refractivity (Wildman–Crippen MR) is 101 cm³/mol. The van der Waals surface area contributed by atoms with Gasteiger partial charge in [0, 0.05) is 11.6 Å². The second-order valence-corrected chi connectivity index (χ2v) is 7.50. The Morgan fingerprint density at radius 1 is 1.08 bits per heavy atom. The van der Waals surface area contributed by atoms with Gasteiger partial charge in [-0.3, -0.25) is 4.79 Å². The third kappa shape index (κ3) is 2.50. The van der Waals surface area contributed by atoms with Crippen LogP contribution in [0.3, 0.4) is 0 Å². The molecule has 2 aromatic carbocycles. The Kier molecular flexibility index (Phi) is 3.39. The average molecular weight is 361 g/mol. The molecule has 0 atom stereocenters. The number of hydrogen-bond acceptors (Lipinski definition) is 5. The Labute approximate surface area is 153 Å². The molecule has 0 spiro atoms. The third-order valence-electron chi connectivity index (χ3n) is 4.76. The van der Waals surface area contributed by atoms with Crippen LogP contribution in [0.25, 0.3) is 21.5 Å². The predicted octanol–water partition coefficient (Wildman–Crippen LogP) is 4.62. The van der Waals surface area contributed by atoms with Crippen LogP contribution in [0.15, 0.2) is 65.2 Å². The third-order valence-corrected chi connectivity index (χ3v) is 5.71. The van der Waals surface area contributed by atoms with E-state index >= 15 is 0 Å². The minimum Gasteiger partial charge on any atom is -0.356 e. The van der Waals surface area contributed by atoms with Crippen molar-refractivity contribution in [3.05, 3.63) is 66.4 Å². The first-order chi connectivity index (χ1) is 12.7. The van der Waals surface area contributed by atoms with Gasteiger partial charge in [0.15, 0.2) is 10.9 Å². The van der Waals surface area contributed by atoms with E-state index < -0.39 is 5.41 Å². The lowest BCUT2D eigenvalue weighted by atomic mass is 10.0. The fourth-order valence-electron chi connectivity index (χ4n) is 3.11. The molecule has 1 aliphatic carbocycles. The standard InChI is InChI=1S/C20H15N3O2S/c24-18(22-19-21-14-8-4-5-9-16(14)26-19)20(10-11-20)17-12-15(25-23-17)13-6-2-1-3-7-13/h1-9,12H,10-11H2,(H,21,22,24). The highest BCUT2D eigenvalue weighted by molar-refractivity contribution is 7.22. The van der Waals surface area contributed by atoms with Crippen molar-refractivity contribution < 1.29 is 9.32 Å². The number of anilines is 1. The van der Waals surface area contributed by atoms with Crippen molar-refractivity contribution in [1.29, 1.82) is 0 Å². The molecule has 128 valence electrons. The highest BCUT2D eigenvalue weighted by Crippen LogP contribution is 2.49. The first kappa shape index (κ1) is 15.3. The molecule has 0 unspecified atom stereocenters. The number of thiazole rings is 1. The lowest BCUT2D eigenvalue weighted by molar-refractivity contribution is -0.118. The summed E-state index contributed by atoms with van der Waals surface area (Å²) in [5, 5.41) is 7.77. The number of carbonyl (C=O) groups excluding carboxylic acids is 1. The number of para-hydroxylation sites is 1. The number of fused-ring (bicyclic) bond motifs is 1. The van der Waals surface area contributed by atoms with Gasteiger partial charge in [0.2, 0.25) is 5.91 Å². The second kappa shape index (κ2) is 5.78. The van der Waals surface area contributed by atoms with Gasteiger partial charge in [0.25, 0.3) is 0 Å². The number of nitrogens with one attached hydrogen (secondary N) is 1. The van der Waals surface area contributed by atoms with Gasteiger partial charge in [-0.15, -0.1) is 0 Å². The average Bonchev–Trinajstić information content (AvgIpc) is 3.15. The van der Waals surface area contributed by atoms with Crippen LogP contribution in [-0.2, 0) is 10.2 Å². The highest BCUT2D eigenvalue weighted by Gasteiger charge is 2.54. The molecule has 1 amide bonds. The number of rotatable bonds is 4. The summed E-state index contributed by atoms with van der Waals surface area (Å²) in [6.45, 7) is 0. The molecule has 6 heteroatoms. The van der Waals surface area contributed by atoms with Gasteiger partial charge in [0.1, 0.15) is 0 Å². The maximum Gasteiger partial charge on any atom is 0.238 e. The summed E-state index contributed by atoms with van der Waals surface area (Å²) in [6.07, 6.45) is 1.54. The summed E-state index contributed by atoms with van der Waals surface area (Å²) < 4.78 is 6.54. The summed E-state index contributed by atoms with van der Waals surface area (Å²) >= 11 is 1.48. The molecule has 1 fully saturated rings. The SMILES string of the molecule is O=C(Nc1nc2ccccc2s1)C1(c2cc(-c3ccccc3)on2)CC1. The van der Waals surface area contributed by atoms with Gasteiger partial charge >= 0.3 is 0 Å². The van der Waals surface area contributed by atoms with Crippen LogP contribution < -0.4 is 5.32 Å². The van der Waals surface area contributed by atoms with Crippen LogP contribution in [0.1, 0.15) is 18.5 Å². The molecule has 0 saturated heterocycles. The molecule has 1 saturated carbocycles. The van der Waals surface area contributed by atoms with Gasteiger partial charge in [-0.05, 0) is 25.0 Å². The lowest BCUT2D eigenvalue weighted by Gasteiger charge is -2.10. The molecule has 2 aromatic heterocycles. The van der Waals surface area contributed by atoms with Crippen LogP contribution in [0.4, 0.5) is 5.13 Å². The van der Waals surface area contributed by atoms with E-state index in [-0.39, 0.29) is 5.91 Å². The van der Waals surface area contributed by atoms with Crippen LogP contribution >= 0.6 is 11.3 Å². The Hall–Kier alpha value is -2.99. The Balaban J connectivity index is 1.40. The minimum absolute atomic E-state index is 0.0653. The molecule has 1 N–H and O–H groups in total. The quantitative estimate of drug-likeness (QED) is 0.576. The Bertz CT molecular complexity index is 1060. The lowest BCUT2D eigenvalue weighted by Crippen LogP contribution is -2.28. The van der Waals surface area contributed by atoms with Gasteiger partial charge in [-0.2, -0.15) is 0 Å². The first-order valence-corrected chi connectivity index (χ1v) is 9.26. The van der Waals surface area contributed by atoms with E-state index in [1.807, 2.05) is 60.7 Å². The summed E-state index contributed by atoms with van der Waals surface area (Å²) in [4.78, 5) is 17.4. The summed E-state index contributed by atoms with van der Waals surface area (Å²) in [5.41, 5.74) is 1.93. The van der Waals surface area contributed by atoms with Crippen molar-refractivity contribution in [2.75, 3.05) is 5.32 Å². The maximum absolute atomic E-state index is 12.9. The molecule has 4 aromatic rings. The molecule has 5 nitrogen and oxygen atoms in total. The molecule has 1 aliphatic rings. The van der Waals surface area contributed by atoms with E-state index in [1.54, 1.807) is 0 Å². The van der Waals surface area contributed by atoms with E-state index in [9.17, 15) is 4.79 Å². The van der Waals surface area contributed by atoms with Crippen molar-refractivity contribution in [3.8, 4) is 11.3 Å². The first-order valence-electron chi connectivity index (χ1n) is 8.44. The smallest absolute Gasteiger partial charge is 0.238 e. The van der Waals surface area contributed by atoms with Crippen LogP contribution in [-0.4, -0.2) is 16.0 Å². The maximum atomic E-state index is 12.9. The van der Waals surface area contributed by atoms with E-state index in [4.69, 9.17) is 4.52 Å². The molecule has 5 rings (SSSR count). The molecular weight excluding hydrogens is 346 g/mol. The zero-order valence-corrected chi connectivity index (χ0v) is 14.6. The van der Waals surface area contributed by atoms with Crippen LogP contribution in [0, 0.1) is 0 Å². The van der Waals surface area contributed by atoms with E-state index in [2.05, 4.69) is 15.5 Å². The molecule has 0 bridgehead atoms. The Morgan fingerprint density at radius 3 is 2.62 bits per heavy atom. The van der Waals surface area contributed by atoms with Crippen molar-refractivity contribution >= 4 is 32.6 Å². The van der Waals surface area contributed by atoms with Crippen LogP contribution in [0.5, 0.6) is 0 Å². The number of benzene rings is 2. The molecular formula is C20H15N3O2S. The van der Waals surface area contributed by atoms with Gasteiger partial charge in [-0.1, -0.05) is 59.0 Å². The van der Waals surface area contributed by atoms with Crippen molar-refractivity contribution in [3.63, 3.8) is 0 Å². The number of aromatic nitrogens is 2. The number of amides is 1. The van der Waals surface area contributed by atoms with E-state index in [0.717, 1.165) is 28.6 Å². The number of hydrogen-bond donors (Lipinski definition) is 1. The van der Waals surface area contributed by atoms with Gasteiger partial charge < -0.3 is 9.84 Å². The molecule has 26 heavy (non-hydrogen) atoms. The fraction of sp³-hybridized carbons (Fsp3) is 0.150. The zero-order valence-electron chi connectivity index (χ0n) is 13.8. The monoisotopic (exact) mass is 361 g/mol. The topological polar surface area (TPSA) is 68.0 Å². The number of nitrogens with zero attached hydrogens (tertiary/aromatic N) is 2. The van der Waals surface area contributed by atoms with E-state index in [1.165, 1.54) is 11.3 Å². The minimum atomic E-state index is -0.603.